The molecule has 0 aromatic rings. The van der Waals surface area contributed by atoms with Gasteiger partial charge in [0.2, 0.25) is 0 Å². The molecule has 4 heteroatoms. The highest BCUT2D eigenvalue weighted by Gasteiger charge is 2.15. The van der Waals surface area contributed by atoms with Crippen LogP contribution < -0.4 is 5.32 Å². The molecule has 1 unspecified atom stereocenters. The van der Waals surface area contributed by atoms with Crippen molar-refractivity contribution in [2.45, 2.75) is 18.9 Å². The van der Waals surface area contributed by atoms with E-state index < -0.39 is 9.28 Å². The van der Waals surface area contributed by atoms with Crippen LogP contribution in [0.3, 0.4) is 0 Å². The molecule has 0 rings (SSSR count). The fourth-order valence-electron chi connectivity index (χ4n) is 0.723. The average Bonchev–Trinajstić information content (AvgIpc) is 1.82. The van der Waals surface area contributed by atoms with Crippen LogP contribution in [-0.2, 0) is 0 Å². The van der Waals surface area contributed by atoms with Crippen LogP contribution in [0.4, 0.5) is 0 Å². The van der Waals surface area contributed by atoms with E-state index in [4.69, 9.17) is 9.59 Å². The smallest absolute Gasteiger partial charge is 0.320 e. The third kappa shape index (κ3) is 3.64. The maximum absolute atomic E-state index is 8.80. The lowest BCUT2D eigenvalue weighted by atomic mass is 10.3. The zero-order valence-electron chi connectivity index (χ0n) is 5.96. The molecule has 0 heterocycles. The molecule has 0 radical (unpaired) electrons. The van der Waals surface area contributed by atoms with Crippen LogP contribution in [-0.4, -0.2) is 32.5 Å². The van der Waals surface area contributed by atoms with Gasteiger partial charge >= 0.3 is 9.28 Å². The van der Waals surface area contributed by atoms with Crippen molar-refractivity contribution in [3.63, 3.8) is 0 Å². The van der Waals surface area contributed by atoms with Crippen LogP contribution in [0.25, 0.3) is 0 Å². The largest absolute Gasteiger partial charge is 0.413 e. The summed E-state index contributed by atoms with van der Waals surface area (Å²) in [6.07, 6.45) is 0.852. The summed E-state index contributed by atoms with van der Waals surface area (Å²) in [4.78, 5) is 17.6. The van der Waals surface area contributed by atoms with Gasteiger partial charge in [-0.05, 0) is 13.6 Å². The van der Waals surface area contributed by atoms with Gasteiger partial charge in [-0.3, -0.25) is 0 Å². The van der Waals surface area contributed by atoms with Gasteiger partial charge in [0.15, 0.2) is 0 Å². The van der Waals surface area contributed by atoms with Crippen molar-refractivity contribution in [2.75, 3.05) is 13.6 Å². The van der Waals surface area contributed by atoms with Crippen molar-refractivity contribution < 1.29 is 9.59 Å². The third-order valence-corrected chi connectivity index (χ3v) is 2.96. The Morgan fingerprint density at radius 1 is 1.56 bits per heavy atom. The molecule has 0 amide bonds. The highest BCUT2D eigenvalue weighted by Crippen LogP contribution is 2.08. The Bertz CT molecular complexity index is 70.0. The molecule has 0 aliphatic carbocycles. The van der Waals surface area contributed by atoms with Gasteiger partial charge in [-0.2, -0.15) is 0 Å². The van der Waals surface area contributed by atoms with E-state index in [0.717, 1.165) is 13.0 Å². The fourth-order valence-corrected chi connectivity index (χ4v) is 1.59. The summed E-state index contributed by atoms with van der Waals surface area (Å²) in [6.45, 7) is 2.69. The van der Waals surface area contributed by atoms with Crippen molar-refractivity contribution >= 4 is 9.28 Å². The van der Waals surface area contributed by atoms with Crippen molar-refractivity contribution in [3.05, 3.63) is 0 Å². The normalized spacial score (nSPS) is 14.3. The second-order valence-corrected chi connectivity index (χ2v) is 3.91. The molecule has 56 valence electrons. The molecule has 0 fully saturated rings. The first-order valence-electron chi connectivity index (χ1n) is 3.23. The van der Waals surface area contributed by atoms with Gasteiger partial charge in [-0.1, -0.05) is 13.3 Å². The molecule has 0 saturated carbocycles. The highest BCUT2D eigenvalue weighted by molar-refractivity contribution is 6.43. The average molecular weight is 149 g/mol. The maximum atomic E-state index is 8.80. The first-order valence-corrected chi connectivity index (χ1v) is 4.93. The molecule has 0 saturated heterocycles. The minimum Gasteiger partial charge on any atom is -0.413 e. The van der Waals surface area contributed by atoms with Gasteiger partial charge in [0, 0.05) is 5.54 Å². The molecule has 0 aliphatic rings. The summed E-state index contributed by atoms with van der Waals surface area (Å²) >= 11 is 0. The Hall–Kier alpha value is 0.0969. The molecule has 3 N–H and O–H groups in total. The Kier molecular flexibility index (Phi) is 4.98. The van der Waals surface area contributed by atoms with E-state index in [-0.39, 0.29) is 5.54 Å². The van der Waals surface area contributed by atoms with E-state index in [1.165, 1.54) is 0 Å². The fraction of sp³-hybridized carbons (Fsp3) is 1.00. The lowest BCUT2D eigenvalue weighted by molar-refractivity contribution is 0.378. The molecule has 0 spiro atoms. The van der Waals surface area contributed by atoms with E-state index in [9.17, 15) is 0 Å². The van der Waals surface area contributed by atoms with Crippen molar-refractivity contribution in [3.8, 4) is 0 Å². The van der Waals surface area contributed by atoms with Gasteiger partial charge in [0.25, 0.3) is 0 Å². The first-order chi connectivity index (χ1) is 4.22. The highest BCUT2D eigenvalue weighted by atomic mass is 28.3. The molecule has 1 atom stereocenters. The monoisotopic (exact) mass is 149 g/mol. The number of hydrogen-bond donors (Lipinski definition) is 3. The second-order valence-electron chi connectivity index (χ2n) is 2.14. The molecule has 3 nitrogen and oxygen atoms in total. The lowest BCUT2D eigenvalue weighted by Crippen LogP contribution is -2.28. The molecular weight excluding hydrogens is 134 g/mol. The van der Waals surface area contributed by atoms with Gasteiger partial charge in [-0.15, -0.1) is 0 Å². The molecule has 0 bridgehead atoms. The second kappa shape index (κ2) is 4.93. The SMILES string of the molecule is CCC(CNC)[SiH](O)O. The Labute approximate surface area is 57.6 Å². The summed E-state index contributed by atoms with van der Waals surface area (Å²) in [6, 6.07) is 0. The van der Waals surface area contributed by atoms with Gasteiger partial charge in [0.05, 0.1) is 0 Å². The van der Waals surface area contributed by atoms with Crippen LogP contribution in [0, 0.1) is 0 Å². The molecular formula is C5H15NO2Si. The number of hydrogen-bond acceptors (Lipinski definition) is 3. The summed E-state index contributed by atoms with van der Waals surface area (Å²) < 4.78 is 0. The third-order valence-electron chi connectivity index (χ3n) is 1.41. The van der Waals surface area contributed by atoms with Crippen molar-refractivity contribution in [2.24, 2.45) is 0 Å². The molecule has 0 aliphatic heterocycles. The minimum atomic E-state index is -2.37. The molecule has 0 aromatic carbocycles. The topological polar surface area (TPSA) is 52.5 Å². The summed E-state index contributed by atoms with van der Waals surface area (Å²) in [5.74, 6) is 0. The Morgan fingerprint density at radius 2 is 2.11 bits per heavy atom. The van der Waals surface area contributed by atoms with E-state index in [2.05, 4.69) is 5.32 Å². The zero-order valence-corrected chi connectivity index (χ0v) is 7.12. The standard InChI is InChI=1S/C5H15NO2Si/c1-3-5(4-6-2)9(7)8/h5-9H,3-4H2,1-2H3. The first kappa shape index (κ1) is 9.10. The maximum Gasteiger partial charge on any atom is 0.320 e. The van der Waals surface area contributed by atoms with Crippen LogP contribution in [0.2, 0.25) is 5.54 Å². The van der Waals surface area contributed by atoms with E-state index >= 15 is 0 Å². The van der Waals surface area contributed by atoms with Gasteiger partial charge in [0.1, 0.15) is 0 Å². The number of nitrogens with one attached hydrogen (secondary N) is 1. The van der Waals surface area contributed by atoms with Crippen LogP contribution in [0.1, 0.15) is 13.3 Å². The van der Waals surface area contributed by atoms with E-state index in [0.29, 0.717) is 0 Å². The summed E-state index contributed by atoms with van der Waals surface area (Å²) in [5, 5.41) is 2.91. The van der Waals surface area contributed by atoms with Gasteiger partial charge < -0.3 is 14.9 Å². The lowest BCUT2D eigenvalue weighted by Gasteiger charge is -2.13. The van der Waals surface area contributed by atoms with Crippen LogP contribution in [0.5, 0.6) is 0 Å². The predicted molar refractivity (Wildman–Crippen MR) is 39.6 cm³/mol. The quantitative estimate of drug-likeness (QED) is 0.458. The van der Waals surface area contributed by atoms with Crippen LogP contribution >= 0.6 is 0 Å². The van der Waals surface area contributed by atoms with Crippen molar-refractivity contribution in [1.82, 2.24) is 5.32 Å². The summed E-state index contributed by atoms with van der Waals surface area (Å²) in [7, 11) is -0.547. The van der Waals surface area contributed by atoms with E-state index in [1.54, 1.807) is 0 Å². The van der Waals surface area contributed by atoms with E-state index in [1.807, 2.05) is 14.0 Å². The molecule has 0 aromatic heterocycles. The minimum absolute atomic E-state index is 0.106. The number of rotatable bonds is 4. The zero-order chi connectivity index (χ0) is 7.28. The Balaban J connectivity index is 3.41. The van der Waals surface area contributed by atoms with Crippen LogP contribution in [0.15, 0.2) is 0 Å². The summed E-state index contributed by atoms with van der Waals surface area (Å²) in [5.41, 5.74) is 0.106. The molecule has 9 heavy (non-hydrogen) atoms. The van der Waals surface area contributed by atoms with Gasteiger partial charge in [-0.25, -0.2) is 0 Å². The predicted octanol–water partition coefficient (Wildman–Crippen LogP) is -0.809. The Morgan fingerprint density at radius 3 is 2.22 bits per heavy atom. The van der Waals surface area contributed by atoms with Crippen molar-refractivity contribution in [1.29, 1.82) is 0 Å².